The van der Waals surface area contributed by atoms with Gasteiger partial charge in [0.2, 0.25) is 0 Å². The monoisotopic (exact) mass is 244 g/mol. The molecule has 0 aliphatic heterocycles. The van der Waals surface area contributed by atoms with Crippen LogP contribution in [0.5, 0.6) is 0 Å². The number of nitrogens with two attached hydrogens (primary N) is 2. The number of methoxy groups -OCH3 is 1. The lowest BCUT2D eigenvalue weighted by Gasteiger charge is -2.11. The van der Waals surface area contributed by atoms with E-state index in [1.807, 2.05) is 6.92 Å². The summed E-state index contributed by atoms with van der Waals surface area (Å²) in [5.41, 5.74) is 11.0. The van der Waals surface area contributed by atoms with E-state index in [9.17, 15) is 4.79 Å². The summed E-state index contributed by atoms with van der Waals surface area (Å²) in [5.74, 6) is -0.0541. The average molecular weight is 244 g/mol. The second kappa shape index (κ2) is 5.66. The molecular weight excluding hydrogens is 228 g/mol. The van der Waals surface area contributed by atoms with E-state index in [1.165, 1.54) is 0 Å². The molecule has 1 amide bonds. The summed E-state index contributed by atoms with van der Waals surface area (Å²) in [4.78, 5) is 11.1. The largest absolute Gasteiger partial charge is 0.384 e. The highest BCUT2D eigenvalue weighted by atomic mass is 32.1. The normalized spacial score (nSPS) is 12.4. The van der Waals surface area contributed by atoms with Gasteiger partial charge in [-0.1, -0.05) is 6.92 Å². The van der Waals surface area contributed by atoms with Gasteiger partial charge in [-0.15, -0.1) is 0 Å². The lowest BCUT2D eigenvalue weighted by molar-refractivity contribution is 0.100. The molecule has 0 aromatic carbocycles. The zero-order chi connectivity index (χ0) is 12.1. The number of carbonyl (C=O) groups is 1. The van der Waals surface area contributed by atoms with Crippen LogP contribution in [0, 0.1) is 5.92 Å². The molecule has 0 bridgehead atoms. The molecule has 0 saturated heterocycles. The minimum Gasteiger partial charge on any atom is -0.384 e. The van der Waals surface area contributed by atoms with E-state index >= 15 is 0 Å². The van der Waals surface area contributed by atoms with Crippen molar-refractivity contribution in [3.8, 4) is 0 Å². The molecule has 1 atom stereocenters. The Bertz CT molecular complexity index is 366. The maximum atomic E-state index is 11.1. The summed E-state index contributed by atoms with van der Waals surface area (Å²) in [5, 5.41) is 3.71. The first-order chi connectivity index (χ1) is 7.56. The quantitative estimate of drug-likeness (QED) is 0.677. The van der Waals surface area contributed by atoms with E-state index in [4.69, 9.17) is 16.2 Å². The molecule has 16 heavy (non-hydrogen) atoms. The Morgan fingerprint density at radius 3 is 2.94 bits per heavy atom. The summed E-state index contributed by atoms with van der Waals surface area (Å²) in [6.07, 6.45) is 0. The van der Waals surface area contributed by atoms with E-state index in [0.29, 0.717) is 24.1 Å². The number of ether oxygens (including phenoxy) is 1. The predicted molar refractivity (Wildman–Crippen MR) is 64.6 cm³/mol. The number of nitrogens with zero attached hydrogens (tertiary/aromatic N) is 1. The Morgan fingerprint density at radius 1 is 1.69 bits per heavy atom. The van der Waals surface area contributed by atoms with Crippen molar-refractivity contribution in [1.29, 1.82) is 0 Å². The number of rotatable bonds is 6. The molecule has 1 unspecified atom stereocenters. The third-order valence-corrected chi connectivity index (χ3v) is 2.85. The molecular formula is C9H16N4O2S. The standard InChI is InChI=1S/C9H16N4O2S/c1-5(4-15-2)3-12-9-6(8(11)14)7(10)13-16-9/h5,12H,3-4H2,1-2H3,(H2,10,13)(H2,11,14). The topological polar surface area (TPSA) is 103 Å². The Morgan fingerprint density at radius 2 is 2.38 bits per heavy atom. The Balaban J connectivity index is 2.64. The van der Waals surface area contributed by atoms with Gasteiger partial charge >= 0.3 is 0 Å². The first-order valence-corrected chi connectivity index (χ1v) is 5.61. The van der Waals surface area contributed by atoms with Crippen LogP contribution >= 0.6 is 11.5 Å². The SMILES string of the molecule is COCC(C)CNc1snc(N)c1C(N)=O. The first-order valence-electron chi connectivity index (χ1n) is 4.84. The number of nitrogens with one attached hydrogen (secondary N) is 1. The number of nitrogen functional groups attached to an aromatic ring is 1. The van der Waals surface area contributed by atoms with Crippen LogP contribution in [0.4, 0.5) is 10.8 Å². The third-order valence-electron chi connectivity index (χ3n) is 2.03. The van der Waals surface area contributed by atoms with Gasteiger partial charge in [-0.05, 0) is 17.5 Å². The van der Waals surface area contributed by atoms with Crippen molar-refractivity contribution < 1.29 is 9.53 Å². The van der Waals surface area contributed by atoms with Gasteiger partial charge in [0, 0.05) is 13.7 Å². The number of primary amides is 1. The highest BCUT2D eigenvalue weighted by Gasteiger charge is 2.16. The van der Waals surface area contributed by atoms with E-state index in [1.54, 1.807) is 7.11 Å². The maximum absolute atomic E-state index is 11.1. The van der Waals surface area contributed by atoms with Gasteiger partial charge in [-0.2, -0.15) is 4.37 Å². The fourth-order valence-electron chi connectivity index (χ4n) is 1.27. The molecule has 1 heterocycles. The number of hydrogen-bond donors (Lipinski definition) is 3. The maximum Gasteiger partial charge on any atom is 0.255 e. The van der Waals surface area contributed by atoms with E-state index in [-0.39, 0.29) is 11.4 Å². The number of anilines is 2. The fourth-order valence-corrected chi connectivity index (χ4v) is 2.00. The Labute approximate surface area is 98.1 Å². The van der Waals surface area contributed by atoms with Gasteiger partial charge < -0.3 is 21.5 Å². The number of carbonyl (C=O) groups excluding carboxylic acids is 1. The highest BCUT2D eigenvalue weighted by Crippen LogP contribution is 2.26. The van der Waals surface area contributed by atoms with E-state index in [0.717, 1.165) is 11.5 Å². The smallest absolute Gasteiger partial charge is 0.255 e. The molecule has 7 heteroatoms. The summed E-state index contributed by atoms with van der Waals surface area (Å²) >= 11 is 1.14. The molecule has 90 valence electrons. The van der Waals surface area contributed by atoms with Crippen molar-refractivity contribution in [2.75, 3.05) is 31.3 Å². The number of amides is 1. The van der Waals surface area contributed by atoms with Crippen LogP contribution in [0.1, 0.15) is 17.3 Å². The lowest BCUT2D eigenvalue weighted by Crippen LogP contribution is -2.18. The van der Waals surface area contributed by atoms with Crippen LogP contribution in [0.3, 0.4) is 0 Å². The van der Waals surface area contributed by atoms with Crippen LogP contribution in [0.15, 0.2) is 0 Å². The van der Waals surface area contributed by atoms with Crippen molar-refractivity contribution in [1.82, 2.24) is 4.37 Å². The molecule has 6 nitrogen and oxygen atoms in total. The third kappa shape index (κ3) is 3.07. The summed E-state index contributed by atoms with van der Waals surface area (Å²) in [7, 11) is 1.65. The number of hydrogen-bond acceptors (Lipinski definition) is 6. The van der Waals surface area contributed by atoms with Crippen molar-refractivity contribution in [2.45, 2.75) is 6.92 Å². The second-order valence-corrected chi connectivity index (χ2v) is 4.35. The first kappa shape index (κ1) is 12.7. The van der Waals surface area contributed by atoms with Gasteiger partial charge in [0.1, 0.15) is 10.6 Å². The highest BCUT2D eigenvalue weighted by molar-refractivity contribution is 7.11. The second-order valence-electron chi connectivity index (χ2n) is 3.58. The van der Waals surface area contributed by atoms with Crippen LogP contribution in [-0.2, 0) is 4.74 Å². The van der Waals surface area contributed by atoms with E-state index in [2.05, 4.69) is 9.69 Å². The van der Waals surface area contributed by atoms with Gasteiger partial charge in [-0.25, -0.2) is 0 Å². The molecule has 0 fully saturated rings. The van der Waals surface area contributed by atoms with Crippen molar-refractivity contribution in [3.05, 3.63) is 5.56 Å². The number of aromatic nitrogens is 1. The summed E-state index contributed by atoms with van der Waals surface area (Å²) in [6, 6.07) is 0. The predicted octanol–water partition coefficient (Wildman–Crippen LogP) is 0.519. The van der Waals surface area contributed by atoms with Crippen LogP contribution in [0.25, 0.3) is 0 Å². The molecule has 1 rings (SSSR count). The Hall–Kier alpha value is -1.34. The zero-order valence-electron chi connectivity index (χ0n) is 9.32. The molecule has 1 aromatic heterocycles. The minimum absolute atomic E-state index is 0.180. The van der Waals surface area contributed by atoms with E-state index < -0.39 is 5.91 Å². The van der Waals surface area contributed by atoms with Gasteiger partial charge in [0.15, 0.2) is 5.82 Å². The fraction of sp³-hybridized carbons (Fsp3) is 0.556. The van der Waals surface area contributed by atoms with Crippen molar-refractivity contribution in [3.63, 3.8) is 0 Å². The summed E-state index contributed by atoms with van der Waals surface area (Å²) < 4.78 is 8.89. The molecule has 5 N–H and O–H groups in total. The minimum atomic E-state index is -0.562. The molecule has 0 saturated carbocycles. The van der Waals surface area contributed by atoms with Gasteiger partial charge in [0.25, 0.3) is 5.91 Å². The average Bonchev–Trinajstić information content (AvgIpc) is 2.57. The Kier molecular flexibility index (Phi) is 4.51. The van der Waals surface area contributed by atoms with Crippen LogP contribution in [-0.4, -0.2) is 30.5 Å². The molecule has 0 aliphatic rings. The van der Waals surface area contributed by atoms with Crippen molar-refractivity contribution in [2.24, 2.45) is 11.7 Å². The molecule has 1 aromatic rings. The molecule has 0 spiro atoms. The molecule has 0 aliphatic carbocycles. The molecule has 0 radical (unpaired) electrons. The lowest BCUT2D eigenvalue weighted by atomic mass is 10.2. The van der Waals surface area contributed by atoms with Crippen molar-refractivity contribution >= 4 is 28.3 Å². The summed E-state index contributed by atoms with van der Waals surface area (Å²) in [6.45, 7) is 3.35. The van der Waals surface area contributed by atoms with Gasteiger partial charge in [-0.3, -0.25) is 4.79 Å². The van der Waals surface area contributed by atoms with Gasteiger partial charge in [0.05, 0.1) is 6.61 Å². The van der Waals surface area contributed by atoms with Crippen LogP contribution in [0.2, 0.25) is 0 Å². The zero-order valence-corrected chi connectivity index (χ0v) is 10.1. The van der Waals surface area contributed by atoms with Crippen LogP contribution < -0.4 is 16.8 Å².